The summed E-state index contributed by atoms with van der Waals surface area (Å²) in [6, 6.07) is 11.5. The van der Waals surface area contributed by atoms with E-state index in [1.807, 2.05) is 36.4 Å². The van der Waals surface area contributed by atoms with E-state index in [1.54, 1.807) is 18.6 Å². The minimum Gasteiger partial charge on any atom is -0.273 e. The quantitative estimate of drug-likeness (QED) is 0.505. The van der Waals surface area contributed by atoms with E-state index in [2.05, 4.69) is 28.5 Å². The Labute approximate surface area is 152 Å². The molecule has 128 valence electrons. The van der Waals surface area contributed by atoms with Crippen molar-refractivity contribution >= 4 is 23.7 Å². The normalized spacial score (nSPS) is 20.3. The Hall–Kier alpha value is -2.46. The van der Waals surface area contributed by atoms with Crippen LogP contribution in [0.4, 0.5) is 0 Å². The molecule has 0 saturated heterocycles. The third kappa shape index (κ3) is 4.54. The van der Waals surface area contributed by atoms with Crippen molar-refractivity contribution in [2.75, 3.05) is 0 Å². The van der Waals surface area contributed by atoms with Gasteiger partial charge in [0.05, 0.1) is 12.1 Å². The van der Waals surface area contributed by atoms with Gasteiger partial charge < -0.3 is 0 Å². The van der Waals surface area contributed by atoms with Crippen molar-refractivity contribution in [3.63, 3.8) is 0 Å². The molecule has 1 heterocycles. The summed E-state index contributed by atoms with van der Waals surface area (Å²) in [5.41, 5.74) is 5.96. The zero-order valence-electron chi connectivity index (χ0n) is 14.0. The van der Waals surface area contributed by atoms with Crippen molar-refractivity contribution in [2.45, 2.75) is 25.7 Å². The van der Waals surface area contributed by atoms with E-state index in [1.165, 1.54) is 5.57 Å². The lowest BCUT2D eigenvalue weighted by atomic mass is 9.75. The second-order valence-corrected chi connectivity index (χ2v) is 6.71. The van der Waals surface area contributed by atoms with Crippen LogP contribution in [0.1, 0.15) is 36.8 Å². The first-order valence-corrected chi connectivity index (χ1v) is 8.65. The van der Waals surface area contributed by atoms with Crippen molar-refractivity contribution in [3.8, 4) is 0 Å². The monoisotopic (exact) mass is 353 g/mol. The standard InChI is InChI=1S/C20H20ClN3O/c1-14-4-9-18(19(11-14)16-5-7-17(21)8-6-16)20(25)24-23-13-15-3-2-10-22-12-15/h2-8,10,12-13,18-19H,9,11H2,1H3,(H,24,25). The molecule has 1 aliphatic carbocycles. The molecule has 0 radical (unpaired) electrons. The SMILES string of the molecule is CC1=CCC(C(=O)NN=Cc2cccnc2)C(c2ccc(Cl)cc2)C1. The van der Waals surface area contributed by atoms with Crippen molar-refractivity contribution in [3.05, 3.63) is 76.6 Å². The van der Waals surface area contributed by atoms with E-state index < -0.39 is 0 Å². The number of carbonyl (C=O) groups is 1. The molecule has 3 rings (SSSR count). The Morgan fingerprint density at radius 1 is 1.32 bits per heavy atom. The molecule has 1 N–H and O–H groups in total. The molecule has 2 aromatic rings. The second kappa shape index (κ2) is 8.08. The summed E-state index contributed by atoms with van der Waals surface area (Å²) in [7, 11) is 0. The number of allylic oxidation sites excluding steroid dienone is 2. The van der Waals surface area contributed by atoms with Crippen LogP contribution in [0, 0.1) is 5.92 Å². The molecular formula is C20H20ClN3O. The topological polar surface area (TPSA) is 54.4 Å². The van der Waals surface area contributed by atoms with Gasteiger partial charge in [-0.1, -0.05) is 41.4 Å². The fourth-order valence-corrected chi connectivity index (χ4v) is 3.25. The highest BCUT2D eigenvalue weighted by Crippen LogP contribution is 2.38. The van der Waals surface area contributed by atoms with Gasteiger partial charge in [-0.05, 0) is 49.4 Å². The third-order valence-electron chi connectivity index (χ3n) is 4.46. The number of hydrogen-bond donors (Lipinski definition) is 1. The Balaban J connectivity index is 1.72. The zero-order valence-corrected chi connectivity index (χ0v) is 14.8. The van der Waals surface area contributed by atoms with E-state index in [-0.39, 0.29) is 17.7 Å². The molecule has 0 bridgehead atoms. The first-order chi connectivity index (χ1) is 12.1. The van der Waals surface area contributed by atoms with E-state index in [4.69, 9.17) is 11.6 Å². The molecule has 0 spiro atoms. The molecule has 0 aliphatic heterocycles. The van der Waals surface area contributed by atoms with Crippen LogP contribution >= 0.6 is 11.6 Å². The summed E-state index contributed by atoms with van der Waals surface area (Å²) in [5, 5.41) is 4.77. The molecule has 5 heteroatoms. The smallest absolute Gasteiger partial charge is 0.244 e. The number of hydrogen-bond acceptors (Lipinski definition) is 3. The van der Waals surface area contributed by atoms with Gasteiger partial charge in [-0.25, -0.2) is 5.43 Å². The molecule has 1 aliphatic rings. The molecule has 1 aromatic carbocycles. The van der Waals surface area contributed by atoms with Crippen LogP contribution in [0.5, 0.6) is 0 Å². The number of halogens is 1. The average molecular weight is 354 g/mol. The minimum atomic E-state index is -0.143. The van der Waals surface area contributed by atoms with Crippen molar-refractivity contribution in [1.82, 2.24) is 10.4 Å². The number of rotatable bonds is 4. The largest absolute Gasteiger partial charge is 0.273 e. The highest BCUT2D eigenvalue weighted by molar-refractivity contribution is 6.30. The number of nitrogens with zero attached hydrogens (tertiary/aromatic N) is 2. The van der Waals surface area contributed by atoms with Gasteiger partial charge in [0, 0.05) is 23.0 Å². The number of hydrazone groups is 1. The average Bonchev–Trinajstić information content (AvgIpc) is 2.63. The molecule has 1 amide bonds. The van der Waals surface area contributed by atoms with Gasteiger partial charge in [0.2, 0.25) is 5.91 Å². The summed E-state index contributed by atoms with van der Waals surface area (Å²) in [6.45, 7) is 2.11. The van der Waals surface area contributed by atoms with Gasteiger partial charge in [-0.15, -0.1) is 0 Å². The number of amides is 1. The Morgan fingerprint density at radius 3 is 2.84 bits per heavy atom. The number of nitrogens with one attached hydrogen (secondary N) is 1. The maximum Gasteiger partial charge on any atom is 0.244 e. The van der Waals surface area contributed by atoms with Crippen molar-refractivity contribution in [1.29, 1.82) is 0 Å². The van der Waals surface area contributed by atoms with Gasteiger partial charge in [0.25, 0.3) is 0 Å². The predicted octanol–water partition coefficient (Wildman–Crippen LogP) is 4.33. The van der Waals surface area contributed by atoms with Crippen LogP contribution in [0.2, 0.25) is 5.02 Å². The Morgan fingerprint density at radius 2 is 2.12 bits per heavy atom. The summed E-state index contributed by atoms with van der Waals surface area (Å²) < 4.78 is 0. The zero-order chi connectivity index (χ0) is 17.6. The van der Waals surface area contributed by atoms with Crippen molar-refractivity contribution in [2.24, 2.45) is 11.0 Å². The summed E-state index contributed by atoms with van der Waals surface area (Å²) >= 11 is 5.99. The molecule has 4 nitrogen and oxygen atoms in total. The van der Waals surface area contributed by atoms with Crippen LogP contribution in [-0.4, -0.2) is 17.1 Å². The molecule has 0 saturated carbocycles. The maximum absolute atomic E-state index is 12.6. The lowest BCUT2D eigenvalue weighted by molar-refractivity contribution is -0.125. The lowest BCUT2D eigenvalue weighted by Gasteiger charge is -2.29. The molecule has 1 aromatic heterocycles. The van der Waals surface area contributed by atoms with Crippen LogP contribution in [0.15, 0.2) is 65.5 Å². The van der Waals surface area contributed by atoms with Crippen LogP contribution in [0.3, 0.4) is 0 Å². The maximum atomic E-state index is 12.6. The second-order valence-electron chi connectivity index (χ2n) is 6.28. The summed E-state index contributed by atoms with van der Waals surface area (Å²) in [5.74, 6) is -0.0735. The van der Waals surface area contributed by atoms with E-state index in [9.17, 15) is 4.79 Å². The van der Waals surface area contributed by atoms with E-state index in [0.29, 0.717) is 11.4 Å². The molecular weight excluding hydrogens is 334 g/mol. The van der Waals surface area contributed by atoms with Crippen LogP contribution in [-0.2, 0) is 4.79 Å². The number of carbonyl (C=O) groups excluding carboxylic acids is 1. The van der Waals surface area contributed by atoms with Crippen LogP contribution < -0.4 is 5.43 Å². The Kier molecular flexibility index (Phi) is 5.61. The lowest BCUT2D eigenvalue weighted by Crippen LogP contribution is -2.33. The van der Waals surface area contributed by atoms with Gasteiger partial charge in [-0.2, -0.15) is 5.10 Å². The van der Waals surface area contributed by atoms with E-state index in [0.717, 1.165) is 17.5 Å². The fourth-order valence-electron chi connectivity index (χ4n) is 3.12. The highest BCUT2D eigenvalue weighted by Gasteiger charge is 2.31. The third-order valence-corrected chi connectivity index (χ3v) is 4.71. The highest BCUT2D eigenvalue weighted by atomic mass is 35.5. The first-order valence-electron chi connectivity index (χ1n) is 8.27. The Bertz CT molecular complexity index is 784. The van der Waals surface area contributed by atoms with Gasteiger partial charge in [-0.3, -0.25) is 9.78 Å². The minimum absolute atomic E-state index is 0.0659. The number of benzene rings is 1. The fraction of sp³-hybridized carbons (Fsp3) is 0.250. The summed E-state index contributed by atoms with van der Waals surface area (Å²) in [6.07, 6.45) is 8.72. The van der Waals surface area contributed by atoms with Crippen molar-refractivity contribution < 1.29 is 4.79 Å². The predicted molar refractivity (Wildman–Crippen MR) is 101 cm³/mol. The number of aromatic nitrogens is 1. The first kappa shape index (κ1) is 17.4. The van der Waals surface area contributed by atoms with Gasteiger partial charge >= 0.3 is 0 Å². The van der Waals surface area contributed by atoms with Gasteiger partial charge in [0.1, 0.15) is 0 Å². The number of pyridine rings is 1. The molecule has 2 unspecified atom stereocenters. The van der Waals surface area contributed by atoms with Crippen LogP contribution in [0.25, 0.3) is 0 Å². The molecule has 0 fully saturated rings. The van der Waals surface area contributed by atoms with Gasteiger partial charge in [0.15, 0.2) is 0 Å². The molecule has 2 atom stereocenters. The summed E-state index contributed by atoms with van der Waals surface area (Å²) in [4.78, 5) is 16.7. The van der Waals surface area contributed by atoms with E-state index >= 15 is 0 Å². The molecule has 25 heavy (non-hydrogen) atoms.